The standard InChI is InChI=1S/C14H21N3O2/c1-17(2)12-6-5-11(9-15-12)13(19)16-14(10-18)7-3-4-8-14/h5-6,9,18H,3-4,7-8,10H2,1-2H3,(H,16,19). The third-order valence-corrected chi connectivity index (χ3v) is 3.71. The zero-order valence-corrected chi connectivity index (χ0v) is 11.5. The summed E-state index contributed by atoms with van der Waals surface area (Å²) in [5.74, 6) is 0.656. The quantitative estimate of drug-likeness (QED) is 0.856. The van der Waals surface area contributed by atoms with E-state index < -0.39 is 5.54 Å². The first-order valence-corrected chi connectivity index (χ1v) is 6.63. The van der Waals surface area contributed by atoms with E-state index in [0.717, 1.165) is 31.5 Å². The normalized spacial score (nSPS) is 17.2. The highest BCUT2D eigenvalue weighted by molar-refractivity contribution is 5.94. The fourth-order valence-electron chi connectivity index (χ4n) is 2.47. The summed E-state index contributed by atoms with van der Waals surface area (Å²) in [5, 5.41) is 12.5. The Kier molecular flexibility index (Phi) is 4.04. The van der Waals surface area contributed by atoms with E-state index in [1.165, 1.54) is 0 Å². The molecule has 0 aromatic carbocycles. The van der Waals surface area contributed by atoms with Crippen molar-refractivity contribution in [1.82, 2.24) is 10.3 Å². The number of nitrogens with zero attached hydrogens (tertiary/aromatic N) is 2. The first-order valence-electron chi connectivity index (χ1n) is 6.63. The Bertz CT molecular complexity index is 437. The van der Waals surface area contributed by atoms with Crippen LogP contribution in [0.4, 0.5) is 5.82 Å². The molecule has 104 valence electrons. The number of nitrogens with one attached hydrogen (secondary N) is 1. The van der Waals surface area contributed by atoms with Gasteiger partial charge in [0.05, 0.1) is 17.7 Å². The van der Waals surface area contributed by atoms with E-state index >= 15 is 0 Å². The molecule has 1 aromatic heterocycles. The summed E-state index contributed by atoms with van der Waals surface area (Å²) in [6.45, 7) is 0.00193. The topological polar surface area (TPSA) is 65.5 Å². The van der Waals surface area contributed by atoms with E-state index in [-0.39, 0.29) is 12.5 Å². The molecule has 5 heteroatoms. The van der Waals surface area contributed by atoms with Crippen LogP contribution in [0.3, 0.4) is 0 Å². The smallest absolute Gasteiger partial charge is 0.253 e. The lowest BCUT2D eigenvalue weighted by atomic mass is 9.98. The van der Waals surface area contributed by atoms with Crippen LogP contribution in [0, 0.1) is 0 Å². The van der Waals surface area contributed by atoms with E-state index in [9.17, 15) is 9.90 Å². The maximum Gasteiger partial charge on any atom is 0.253 e. The Morgan fingerprint density at radius 1 is 1.42 bits per heavy atom. The molecule has 1 aromatic rings. The number of pyridine rings is 1. The van der Waals surface area contributed by atoms with Gasteiger partial charge in [-0.1, -0.05) is 12.8 Å². The van der Waals surface area contributed by atoms with Crippen molar-refractivity contribution in [3.05, 3.63) is 23.9 Å². The molecule has 1 aliphatic rings. The Hall–Kier alpha value is -1.62. The van der Waals surface area contributed by atoms with Gasteiger partial charge in [-0.05, 0) is 25.0 Å². The van der Waals surface area contributed by atoms with Crippen LogP contribution in [0.15, 0.2) is 18.3 Å². The van der Waals surface area contributed by atoms with Gasteiger partial charge in [-0.15, -0.1) is 0 Å². The molecule has 2 rings (SSSR count). The molecule has 0 bridgehead atoms. The van der Waals surface area contributed by atoms with Gasteiger partial charge in [0.25, 0.3) is 5.91 Å². The molecule has 1 aliphatic carbocycles. The number of aliphatic hydroxyl groups is 1. The fraction of sp³-hybridized carbons (Fsp3) is 0.571. The summed E-state index contributed by atoms with van der Waals surface area (Å²) in [4.78, 5) is 18.3. The van der Waals surface area contributed by atoms with Crippen molar-refractivity contribution >= 4 is 11.7 Å². The lowest BCUT2D eigenvalue weighted by Gasteiger charge is -2.28. The summed E-state index contributed by atoms with van der Waals surface area (Å²) >= 11 is 0. The van der Waals surface area contributed by atoms with Crippen LogP contribution < -0.4 is 10.2 Å². The van der Waals surface area contributed by atoms with Crippen molar-refractivity contribution in [1.29, 1.82) is 0 Å². The summed E-state index contributed by atoms with van der Waals surface area (Å²) in [6.07, 6.45) is 5.37. The Morgan fingerprint density at radius 3 is 2.58 bits per heavy atom. The number of carbonyl (C=O) groups excluding carboxylic acids is 1. The molecule has 2 N–H and O–H groups in total. The van der Waals surface area contributed by atoms with Crippen molar-refractivity contribution in [3.63, 3.8) is 0 Å². The molecule has 1 heterocycles. The van der Waals surface area contributed by atoms with Crippen LogP contribution in [0.25, 0.3) is 0 Å². The van der Waals surface area contributed by atoms with Crippen molar-refractivity contribution in [2.24, 2.45) is 0 Å². The van der Waals surface area contributed by atoms with Crippen molar-refractivity contribution in [3.8, 4) is 0 Å². The van der Waals surface area contributed by atoms with Gasteiger partial charge < -0.3 is 15.3 Å². The van der Waals surface area contributed by atoms with Crippen LogP contribution >= 0.6 is 0 Å². The number of anilines is 1. The van der Waals surface area contributed by atoms with Crippen LogP contribution in [-0.4, -0.2) is 42.2 Å². The molecule has 0 spiro atoms. The largest absolute Gasteiger partial charge is 0.394 e. The van der Waals surface area contributed by atoms with Crippen LogP contribution in [0.2, 0.25) is 0 Å². The molecular formula is C14H21N3O2. The number of carbonyl (C=O) groups is 1. The monoisotopic (exact) mass is 263 g/mol. The zero-order valence-electron chi connectivity index (χ0n) is 11.5. The minimum Gasteiger partial charge on any atom is -0.394 e. The summed E-state index contributed by atoms with van der Waals surface area (Å²) < 4.78 is 0. The molecular weight excluding hydrogens is 242 g/mol. The van der Waals surface area contributed by atoms with E-state index in [4.69, 9.17) is 0 Å². The second-order valence-corrected chi connectivity index (χ2v) is 5.40. The highest BCUT2D eigenvalue weighted by Crippen LogP contribution is 2.29. The van der Waals surface area contributed by atoms with Crippen molar-refractivity contribution in [2.45, 2.75) is 31.2 Å². The van der Waals surface area contributed by atoms with Gasteiger partial charge in [-0.3, -0.25) is 4.79 Å². The van der Waals surface area contributed by atoms with Gasteiger partial charge in [0.2, 0.25) is 0 Å². The molecule has 0 saturated heterocycles. The van der Waals surface area contributed by atoms with Gasteiger partial charge in [0, 0.05) is 20.3 Å². The number of hydrogen-bond donors (Lipinski definition) is 2. The second kappa shape index (κ2) is 5.57. The highest BCUT2D eigenvalue weighted by atomic mass is 16.3. The molecule has 0 unspecified atom stereocenters. The first-order chi connectivity index (χ1) is 9.06. The maximum atomic E-state index is 12.2. The molecule has 0 aliphatic heterocycles. The van der Waals surface area contributed by atoms with Gasteiger partial charge >= 0.3 is 0 Å². The van der Waals surface area contributed by atoms with Gasteiger partial charge in [-0.2, -0.15) is 0 Å². The molecule has 1 amide bonds. The van der Waals surface area contributed by atoms with E-state index in [1.807, 2.05) is 25.1 Å². The maximum absolute atomic E-state index is 12.2. The minimum atomic E-state index is -0.433. The summed E-state index contributed by atoms with van der Waals surface area (Å²) in [5.41, 5.74) is 0.0995. The molecule has 1 saturated carbocycles. The SMILES string of the molecule is CN(C)c1ccc(C(=O)NC2(CO)CCCC2)cn1. The van der Waals surface area contributed by atoms with Crippen LogP contribution in [-0.2, 0) is 0 Å². The fourth-order valence-corrected chi connectivity index (χ4v) is 2.47. The third kappa shape index (κ3) is 3.04. The van der Waals surface area contributed by atoms with E-state index in [1.54, 1.807) is 12.3 Å². The van der Waals surface area contributed by atoms with E-state index in [2.05, 4.69) is 10.3 Å². The van der Waals surface area contributed by atoms with Gasteiger partial charge in [-0.25, -0.2) is 4.98 Å². The number of hydrogen-bond acceptors (Lipinski definition) is 4. The number of amides is 1. The minimum absolute atomic E-state index is 0.00193. The van der Waals surface area contributed by atoms with Crippen molar-refractivity contribution in [2.75, 3.05) is 25.6 Å². The zero-order chi connectivity index (χ0) is 13.9. The molecule has 1 fully saturated rings. The van der Waals surface area contributed by atoms with Gasteiger partial charge in [0.1, 0.15) is 5.82 Å². The summed E-state index contributed by atoms with van der Waals surface area (Å²) in [7, 11) is 3.81. The predicted molar refractivity (Wildman–Crippen MR) is 74.3 cm³/mol. The van der Waals surface area contributed by atoms with Gasteiger partial charge in [0.15, 0.2) is 0 Å². The Morgan fingerprint density at radius 2 is 2.11 bits per heavy atom. The average molecular weight is 263 g/mol. The lowest BCUT2D eigenvalue weighted by molar-refractivity contribution is 0.0838. The molecule has 0 atom stereocenters. The lowest BCUT2D eigenvalue weighted by Crippen LogP contribution is -2.49. The number of aromatic nitrogens is 1. The van der Waals surface area contributed by atoms with Crippen molar-refractivity contribution < 1.29 is 9.90 Å². The van der Waals surface area contributed by atoms with Crippen LogP contribution in [0.1, 0.15) is 36.0 Å². The van der Waals surface area contributed by atoms with E-state index in [0.29, 0.717) is 5.56 Å². The molecule has 0 radical (unpaired) electrons. The third-order valence-electron chi connectivity index (χ3n) is 3.71. The molecule has 19 heavy (non-hydrogen) atoms. The Labute approximate surface area is 113 Å². The average Bonchev–Trinajstić information content (AvgIpc) is 2.88. The Balaban J connectivity index is 2.07. The van der Waals surface area contributed by atoms with Crippen LogP contribution in [0.5, 0.6) is 0 Å². The molecule has 5 nitrogen and oxygen atoms in total. The predicted octanol–water partition coefficient (Wildman–Crippen LogP) is 1.18. The number of rotatable bonds is 4. The number of aliphatic hydroxyl groups excluding tert-OH is 1. The highest BCUT2D eigenvalue weighted by Gasteiger charge is 2.34. The summed E-state index contributed by atoms with van der Waals surface area (Å²) in [6, 6.07) is 3.58. The first kappa shape index (κ1) is 13.8. The second-order valence-electron chi connectivity index (χ2n) is 5.40.